The van der Waals surface area contributed by atoms with Crippen molar-refractivity contribution in [3.8, 4) is 11.8 Å². The van der Waals surface area contributed by atoms with Gasteiger partial charge in [-0.1, -0.05) is 0 Å². The summed E-state index contributed by atoms with van der Waals surface area (Å²) in [5.41, 5.74) is -0.463. The van der Waals surface area contributed by atoms with Crippen LogP contribution in [0, 0.1) is 11.3 Å². The number of nitrogens with one attached hydrogen (secondary N) is 1. The van der Waals surface area contributed by atoms with Crippen molar-refractivity contribution in [2.45, 2.75) is 12.6 Å². The van der Waals surface area contributed by atoms with E-state index < -0.39 is 11.2 Å². The Morgan fingerprint density at radius 2 is 2.53 bits per heavy atom. The molecule has 17 heavy (non-hydrogen) atoms. The molecule has 6 heteroatoms. The van der Waals surface area contributed by atoms with Crippen LogP contribution in [0.4, 0.5) is 0 Å². The van der Waals surface area contributed by atoms with Gasteiger partial charge in [0.25, 0.3) is 0 Å². The molecule has 0 amide bonds. The second-order valence-electron chi connectivity index (χ2n) is 3.92. The van der Waals surface area contributed by atoms with E-state index in [4.69, 9.17) is 14.8 Å². The second-order valence-corrected chi connectivity index (χ2v) is 3.92. The summed E-state index contributed by atoms with van der Waals surface area (Å²) in [5, 5.41) is 21.2. The number of rotatable bonds is 2. The zero-order valence-corrected chi connectivity index (χ0v) is 9.22. The van der Waals surface area contributed by atoms with Crippen molar-refractivity contribution in [2.24, 2.45) is 0 Å². The highest BCUT2D eigenvalue weighted by atomic mass is 16.4. The minimum atomic E-state index is -0.463. The molecule has 0 bridgehead atoms. The summed E-state index contributed by atoms with van der Waals surface area (Å²) in [6.07, 6.45) is 1.03. The molecule has 90 valence electrons. The van der Waals surface area contributed by atoms with Gasteiger partial charge in [0, 0.05) is 25.7 Å². The van der Waals surface area contributed by atoms with E-state index in [1.54, 1.807) is 0 Å². The number of nitriles is 1. The molecule has 1 aliphatic heterocycles. The molecule has 0 radical (unpaired) electrons. The van der Waals surface area contributed by atoms with E-state index in [0.717, 1.165) is 19.4 Å². The van der Waals surface area contributed by atoms with E-state index in [-0.39, 0.29) is 6.04 Å². The highest BCUT2D eigenvalue weighted by Crippen LogP contribution is 2.10. The standard InChI is InChI=1S/C11H13N3O3/c12-4-8-5-13-1-2-14(8)6-9-3-10(15)11(16)7-17-9/h3,7-8,13,16H,1-2,5-6H2. The molecular weight excluding hydrogens is 222 g/mol. The Morgan fingerprint density at radius 3 is 3.24 bits per heavy atom. The Labute approximate surface area is 98.1 Å². The predicted octanol–water partition coefficient (Wildman–Crippen LogP) is -0.357. The second kappa shape index (κ2) is 4.99. The first-order valence-electron chi connectivity index (χ1n) is 5.36. The zero-order valence-electron chi connectivity index (χ0n) is 9.22. The average molecular weight is 235 g/mol. The first-order valence-corrected chi connectivity index (χ1v) is 5.36. The third-order valence-electron chi connectivity index (χ3n) is 2.73. The van der Waals surface area contributed by atoms with E-state index in [1.165, 1.54) is 6.07 Å². The summed E-state index contributed by atoms with van der Waals surface area (Å²) in [5.74, 6) is 0.0563. The smallest absolute Gasteiger partial charge is 0.226 e. The third kappa shape index (κ3) is 2.64. The number of hydrogen-bond acceptors (Lipinski definition) is 6. The van der Waals surface area contributed by atoms with Gasteiger partial charge < -0.3 is 14.8 Å². The Hall–Kier alpha value is -1.84. The highest BCUT2D eigenvalue weighted by molar-refractivity contribution is 5.15. The molecule has 2 heterocycles. The summed E-state index contributed by atoms with van der Waals surface area (Å²) in [4.78, 5) is 13.2. The lowest BCUT2D eigenvalue weighted by Crippen LogP contribution is -2.50. The monoisotopic (exact) mass is 235 g/mol. The number of hydrogen-bond donors (Lipinski definition) is 2. The topological polar surface area (TPSA) is 89.5 Å². The van der Waals surface area contributed by atoms with Crippen LogP contribution in [0.2, 0.25) is 0 Å². The molecule has 1 fully saturated rings. The van der Waals surface area contributed by atoms with Crippen molar-refractivity contribution in [3.63, 3.8) is 0 Å². The van der Waals surface area contributed by atoms with Crippen molar-refractivity contribution in [2.75, 3.05) is 19.6 Å². The van der Waals surface area contributed by atoms with Crippen LogP contribution in [0.3, 0.4) is 0 Å². The van der Waals surface area contributed by atoms with Crippen LogP contribution in [0.15, 0.2) is 21.5 Å². The molecule has 1 saturated heterocycles. The molecular formula is C11H13N3O3. The largest absolute Gasteiger partial charge is 0.502 e. The summed E-state index contributed by atoms with van der Waals surface area (Å²) in [6.45, 7) is 2.54. The van der Waals surface area contributed by atoms with Crippen molar-refractivity contribution < 1.29 is 9.52 Å². The maximum absolute atomic E-state index is 11.2. The Morgan fingerprint density at radius 1 is 1.71 bits per heavy atom. The van der Waals surface area contributed by atoms with Crippen LogP contribution in [0.1, 0.15) is 5.76 Å². The van der Waals surface area contributed by atoms with Crippen molar-refractivity contribution in [1.29, 1.82) is 5.26 Å². The van der Waals surface area contributed by atoms with Crippen LogP contribution < -0.4 is 10.7 Å². The molecule has 1 aromatic rings. The Kier molecular flexibility index (Phi) is 3.42. The quantitative estimate of drug-likeness (QED) is 0.727. The minimum absolute atomic E-state index is 0.220. The fourth-order valence-corrected chi connectivity index (χ4v) is 1.79. The van der Waals surface area contributed by atoms with Gasteiger partial charge in [-0.05, 0) is 0 Å². The SMILES string of the molecule is N#CC1CNCCN1Cc1cc(=O)c(O)co1. The van der Waals surface area contributed by atoms with Gasteiger partial charge in [-0.2, -0.15) is 5.26 Å². The van der Waals surface area contributed by atoms with E-state index in [2.05, 4.69) is 11.4 Å². The molecule has 1 aromatic heterocycles. The van der Waals surface area contributed by atoms with E-state index in [0.29, 0.717) is 18.8 Å². The minimum Gasteiger partial charge on any atom is -0.502 e. The van der Waals surface area contributed by atoms with Crippen LogP contribution in [0.25, 0.3) is 0 Å². The molecule has 2 rings (SSSR count). The number of nitrogens with zero attached hydrogens (tertiary/aromatic N) is 2. The van der Waals surface area contributed by atoms with Gasteiger partial charge in [0.2, 0.25) is 5.43 Å². The number of piperazine rings is 1. The maximum atomic E-state index is 11.2. The summed E-state index contributed by atoms with van der Waals surface area (Å²) >= 11 is 0. The van der Waals surface area contributed by atoms with E-state index >= 15 is 0 Å². The van der Waals surface area contributed by atoms with E-state index in [9.17, 15) is 4.79 Å². The van der Waals surface area contributed by atoms with Gasteiger partial charge in [-0.25, -0.2) is 0 Å². The molecule has 1 aliphatic rings. The summed E-state index contributed by atoms with van der Waals surface area (Å²) in [6, 6.07) is 3.23. The molecule has 0 saturated carbocycles. The van der Waals surface area contributed by atoms with Gasteiger partial charge in [0.05, 0.1) is 12.6 Å². The van der Waals surface area contributed by atoms with E-state index in [1.807, 2.05) is 4.90 Å². The van der Waals surface area contributed by atoms with Crippen molar-refractivity contribution >= 4 is 0 Å². The zero-order chi connectivity index (χ0) is 12.3. The Balaban J connectivity index is 2.11. The van der Waals surface area contributed by atoms with Crippen molar-refractivity contribution in [3.05, 3.63) is 28.3 Å². The summed E-state index contributed by atoms with van der Waals surface area (Å²) < 4.78 is 5.11. The first-order chi connectivity index (χ1) is 8.20. The normalized spacial score (nSPS) is 21.0. The fourth-order valence-electron chi connectivity index (χ4n) is 1.79. The highest BCUT2D eigenvalue weighted by Gasteiger charge is 2.22. The molecule has 0 aliphatic carbocycles. The van der Waals surface area contributed by atoms with Crippen LogP contribution in [-0.4, -0.2) is 35.7 Å². The lowest BCUT2D eigenvalue weighted by Gasteiger charge is -2.31. The predicted molar refractivity (Wildman–Crippen MR) is 59.3 cm³/mol. The molecule has 2 N–H and O–H groups in total. The third-order valence-corrected chi connectivity index (χ3v) is 2.73. The van der Waals surface area contributed by atoms with Gasteiger partial charge in [-0.3, -0.25) is 9.69 Å². The number of aromatic hydroxyl groups is 1. The van der Waals surface area contributed by atoms with Crippen LogP contribution in [-0.2, 0) is 6.54 Å². The van der Waals surface area contributed by atoms with Gasteiger partial charge in [-0.15, -0.1) is 0 Å². The average Bonchev–Trinajstić information content (AvgIpc) is 2.34. The van der Waals surface area contributed by atoms with Crippen LogP contribution >= 0.6 is 0 Å². The fraction of sp³-hybridized carbons (Fsp3) is 0.455. The van der Waals surface area contributed by atoms with Gasteiger partial charge >= 0.3 is 0 Å². The van der Waals surface area contributed by atoms with Crippen LogP contribution in [0.5, 0.6) is 5.75 Å². The Bertz CT molecular complexity index is 491. The first kappa shape index (κ1) is 11.6. The molecule has 1 unspecified atom stereocenters. The maximum Gasteiger partial charge on any atom is 0.226 e. The molecule has 6 nitrogen and oxygen atoms in total. The molecule has 0 aromatic carbocycles. The molecule has 0 spiro atoms. The van der Waals surface area contributed by atoms with Crippen molar-refractivity contribution in [1.82, 2.24) is 10.2 Å². The lowest BCUT2D eigenvalue weighted by molar-refractivity contribution is 0.174. The summed E-state index contributed by atoms with van der Waals surface area (Å²) in [7, 11) is 0. The van der Waals surface area contributed by atoms with Gasteiger partial charge in [0.1, 0.15) is 18.1 Å². The lowest BCUT2D eigenvalue weighted by atomic mass is 10.2. The molecule has 1 atom stereocenters. The van der Waals surface area contributed by atoms with Gasteiger partial charge in [0.15, 0.2) is 5.75 Å².